The number of hydrogen-bond donors (Lipinski definition) is 0. The Hall–Kier alpha value is -3.42. The SMILES string of the molecule is C[C@H](C(=O)[O-])n1ccc2cc(C=C3C(=O)N(C)C(=O)N(C)C3=O)ccc21. The Morgan fingerprint density at radius 3 is 2.27 bits per heavy atom. The topological polar surface area (TPSA) is 103 Å². The Labute approximate surface area is 148 Å². The molecule has 8 heteroatoms. The quantitative estimate of drug-likeness (QED) is 0.586. The van der Waals surface area contributed by atoms with Crippen molar-refractivity contribution in [3.8, 4) is 0 Å². The number of barbiturate groups is 1. The fourth-order valence-corrected chi connectivity index (χ4v) is 2.87. The first-order valence-electron chi connectivity index (χ1n) is 7.85. The summed E-state index contributed by atoms with van der Waals surface area (Å²) in [6.07, 6.45) is 3.06. The van der Waals surface area contributed by atoms with Crippen LogP contribution >= 0.6 is 0 Å². The summed E-state index contributed by atoms with van der Waals surface area (Å²) in [4.78, 5) is 49.1. The van der Waals surface area contributed by atoms with Crippen molar-refractivity contribution in [1.29, 1.82) is 0 Å². The van der Waals surface area contributed by atoms with E-state index in [-0.39, 0.29) is 5.57 Å². The number of carboxylic acids is 1. The number of urea groups is 1. The standard InChI is InChI=1S/C18H17N3O5/c1-10(17(24)25)21-7-6-12-8-11(4-5-14(12)21)9-13-15(22)19(2)18(26)20(3)16(13)23/h4-10H,1-3H3,(H,24,25)/p-1/t10-/m1/s1. The first-order chi connectivity index (χ1) is 12.2. The van der Waals surface area contributed by atoms with E-state index in [1.807, 2.05) is 0 Å². The van der Waals surface area contributed by atoms with Gasteiger partial charge in [-0.1, -0.05) is 6.07 Å². The lowest BCUT2D eigenvalue weighted by Gasteiger charge is -2.28. The maximum atomic E-state index is 12.2. The Balaban J connectivity index is 2.02. The number of aliphatic carboxylic acids is 1. The van der Waals surface area contributed by atoms with Crippen LogP contribution in [0.3, 0.4) is 0 Å². The summed E-state index contributed by atoms with van der Waals surface area (Å²) in [5, 5.41) is 11.8. The van der Waals surface area contributed by atoms with Crippen LogP contribution < -0.4 is 5.11 Å². The van der Waals surface area contributed by atoms with Gasteiger partial charge in [-0.2, -0.15) is 0 Å². The van der Waals surface area contributed by atoms with Crippen LogP contribution in [-0.4, -0.2) is 52.3 Å². The highest BCUT2D eigenvalue weighted by molar-refractivity contribution is 6.30. The monoisotopic (exact) mass is 354 g/mol. The lowest BCUT2D eigenvalue weighted by molar-refractivity contribution is -0.309. The van der Waals surface area contributed by atoms with Gasteiger partial charge in [0.05, 0.1) is 12.0 Å². The number of amides is 4. The summed E-state index contributed by atoms with van der Waals surface area (Å²) in [6, 6.07) is 5.34. The fourth-order valence-electron chi connectivity index (χ4n) is 2.87. The summed E-state index contributed by atoms with van der Waals surface area (Å²) >= 11 is 0. The molecule has 1 atom stereocenters. The normalized spacial score (nSPS) is 16.4. The van der Waals surface area contributed by atoms with Crippen molar-refractivity contribution in [1.82, 2.24) is 14.4 Å². The zero-order valence-corrected chi connectivity index (χ0v) is 14.4. The van der Waals surface area contributed by atoms with Crippen LogP contribution in [0.1, 0.15) is 18.5 Å². The van der Waals surface area contributed by atoms with Crippen molar-refractivity contribution in [2.75, 3.05) is 14.1 Å². The molecule has 0 N–H and O–H groups in total. The molecule has 4 amide bonds. The Morgan fingerprint density at radius 1 is 1.08 bits per heavy atom. The third-order valence-corrected chi connectivity index (χ3v) is 4.46. The highest BCUT2D eigenvalue weighted by Gasteiger charge is 2.37. The second-order valence-electron chi connectivity index (χ2n) is 6.11. The van der Waals surface area contributed by atoms with Gasteiger partial charge in [0.1, 0.15) is 5.57 Å². The van der Waals surface area contributed by atoms with E-state index in [0.717, 1.165) is 15.2 Å². The number of hydrogen-bond acceptors (Lipinski definition) is 5. The second kappa shape index (κ2) is 6.14. The van der Waals surface area contributed by atoms with Gasteiger partial charge in [0, 0.05) is 31.2 Å². The second-order valence-corrected chi connectivity index (χ2v) is 6.11. The molecule has 1 aliphatic rings. The fraction of sp³-hybridized carbons (Fsp3) is 0.222. The van der Waals surface area contributed by atoms with Gasteiger partial charge in [-0.3, -0.25) is 19.4 Å². The largest absolute Gasteiger partial charge is 0.548 e. The molecule has 8 nitrogen and oxygen atoms in total. The van der Waals surface area contributed by atoms with Gasteiger partial charge >= 0.3 is 6.03 Å². The predicted octanol–water partition coefficient (Wildman–Crippen LogP) is 0.386. The molecule has 2 aromatic rings. The molecule has 3 rings (SSSR count). The molecule has 134 valence electrons. The minimum absolute atomic E-state index is 0.114. The minimum Gasteiger partial charge on any atom is -0.548 e. The van der Waals surface area contributed by atoms with Crippen LogP contribution in [0.25, 0.3) is 17.0 Å². The average Bonchev–Trinajstić information content (AvgIpc) is 3.04. The molecule has 0 aliphatic carbocycles. The van der Waals surface area contributed by atoms with E-state index in [2.05, 4.69) is 0 Å². The molecule has 1 aliphatic heterocycles. The zero-order chi connectivity index (χ0) is 19.2. The molecule has 26 heavy (non-hydrogen) atoms. The van der Waals surface area contributed by atoms with Crippen LogP contribution in [-0.2, 0) is 14.4 Å². The van der Waals surface area contributed by atoms with Crippen molar-refractivity contribution >= 4 is 40.8 Å². The molecule has 1 fully saturated rings. The predicted molar refractivity (Wildman–Crippen MR) is 90.6 cm³/mol. The van der Waals surface area contributed by atoms with E-state index < -0.39 is 29.9 Å². The molecule has 2 heterocycles. The van der Waals surface area contributed by atoms with Crippen molar-refractivity contribution in [3.05, 3.63) is 41.6 Å². The lowest BCUT2D eigenvalue weighted by atomic mass is 10.1. The molecule has 0 bridgehead atoms. The van der Waals surface area contributed by atoms with Crippen molar-refractivity contribution in [2.24, 2.45) is 0 Å². The third kappa shape index (κ3) is 2.65. The maximum Gasteiger partial charge on any atom is 0.333 e. The van der Waals surface area contributed by atoms with Crippen molar-refractivity contribution in [3.63, 3.8) is 0 Å². The molecule has 0 radical (unpaired) electrons. The number of carbonyl (C=O) groups excluding carboxylic acids is 4. The smallest absolute Gasteiger partial charge is 0.333 e. The van der Waals surface area contributed by atoms with Crippen LogP contribution in [0, 0.1) is 0 Å². The molecular formula is C18H16N3O5-. The molecular weight excluding hydrogens is 338 g/mol. The van der Waals surface area contributed by atoms with Crippen LogP contribution in [0.4, 0.5) is 4.79 Å². The molecule has 1 aromatic carbocycles. The van der Waals surface area contributed by atoms with Gasteiger partial charge in [-0.05, 0) is 36.8 Å². The van der Waals surface area contributed by atoms with Gasteiger partial charge in [-0.15, -0.1) is 0 Å². The first kappa shape index (κ1) is 17.4. The zero-order valence-electron chi connectivity index (χ0n) is 14.4. The van der Waals surface area contributed by atoms with Gasteiger partial charge in [0.15, 0.2) is 0 Å². The number of carboxylic acid groups (broad SMARTS) is 1. The number of likely N-dealkylation sites (N-methyl/N-ethyl adjacent to an activating group) is 2. The number of fused-ring (bicyclic) bond motifs is 1. The highest BCUT2D eigenvalue weighted by Crippen LogP contribution is 2.24. The number of carbonyl (C=O) groups is 4. The van der Waals surface area contributed by atoms with E-state index >= 15 is 0 Å². The number of rotatable bonds is 3. The first-order valence-corrected chi connectivity index (χ1v) is 7.85. The van der Waals surface area contributed by atoms with Gasteiger partial charge < -0.3 is 14.5 Å². The summed E-state index contributed by atoms with van der Waals surface area (Å²) in [7, 11) is 2.62. The number of imide groups is 2. The molecule has 0 unspecified atom stereocenters. The van der Waals surface area contributed by atoms with Gasteiger partial charge in [-0.25, -0.2) is 4.79 Å². The van der Waals surface area contributed by atoms with Gasteiger partial charge in [0.25, 0.3) is 11.8 Å². The van der Waals surface area contributed by atoms with Crippen LogP contribution in [0.5, 0.6) is 0 Å². The Bertz CT molecular complexity index is 962. The summed E-state index contributed by atoms with van der Waals surface area (Å²) < 4.78 is 1.57. The number of aromatic nitrogens is 1. The number of benzene rings is 1. The van der Waals surface area contributed by atoms with E-state index in [1.165, 1.54) is 27.1 Å². The summed E-state index contributed by atoms with van der Waals surface area (Å²) in [6.45, 7) is 1.52. The Morgan fingerprint density at radius 2 is 1.69 bits per heavy atom. The van der Waals surface area contributed by atoms with Gasteiger partial charge in [0.2, 0.25) is 0 Å². The number of nitrogens with zero attached hydrogens (tertiary/aromatic N) is 3. The van der Waals surface area contributed by atoms with E-state index in [0.29, 0.717) is 11.1 Å². The average molecular weight is 354 g/mol. The van der Waals surface area contributed by atoms with Crippen LogP contribution in [0.15, 0.2) is 36.0 Å². The van der Waals surface area contributed by atoms with E-state index in [4.69, 9.17) is 0 Å². The molecule has 0 saturated carbocycles. The molecule has 1 aromatic heterocycles. The summed E-state index contributed by atoms with van der Waals surface area (Å²) in [5.74, 6) is -2.52. The third-order valence-electron chi connectivity index (χ3n) is 4.46. The van der Waals surface area contributed by atoms with Crippen LogP contribution in [0.2, 0.25) is 0 Å². The van der Waals surface area contributed by atoms with E-state index in [9.17, 15) is 24.3 Å². The minimum atomic E-state index is -1.19. The van der Waals surface area contributed by atoms with Crippen molar-refractivity contribution < 1.29 is 24.3 Å². The highest BCUT2D eigenvalue weighted by atomic mass is 16.4. The molecule has 0 spiro atoms. The lowest BCUT2D eigenvalue weighted by Crippen LogP contribution is -2.52. The molecule has 1 saturated heterocycles. The van der Waals surface area contributed by atoms with E-state index in [1.54, 1.807) is 35.0 Å². The summed E-state index contributed by atoms with van der Waals surface area (Å²) in [5.41, 5.74) is 1.16. The Kier molecular flexibility index (Phi) is 4.11. The van der Waals surface area contributed by atoms with Crippen molar-refractivity contribution in [2.45, 2.75) is 13.0 Å². The maximum absolute atomic E-state index is 12.2.